The number of ether oxygens (including phenoxy) is 2. The van der Waals surface area contributed by atoms with E-state index in [1.165, 1.54) is 0 Å². The summed E-state index contributed by atoms with van der Waals surface area (Å²) in [6.07, 6.45) is 2.44. The van der Waals surface area contributed by atoms with Gasteiger partial charge in [-0.25, -0.2) is 0 Å². The second-order valence-electron chi connectivity index (χ2n) is 3.36. The van der Waals surface area contributed by atoms with Crippen LogP contribution in [0.5, 0.6) is 0 Å². The molecule has 0 bridgehead atoms. The second kappa shape index (κ2) is 3.78. The number of rotatable bonds is 2. The molecule has 0 aliphatic carbocycles. The van der Waals surface area contributed by atoms with E-state index in [1.807, 2.05) is 11.8 Å². The molecule has 1 aliphatic rings. The third kappa shape index (κ3) is 2.10. The molecule has 1 rings (SSSR count). The molecule has 3 heteroatoms. The Hall–Kier alpha value is 0.270. The maximum Gasteiger partial charge on any atom is 0.147 e. The highest BCUT2D eigenvalue weighted by atomic mass is 32.2. The van der Waals surface area contributed by atoms with E-state index in [1.54, 1.807) is 0 Å². The molecular formula is C8H16O2S. The van der Waals surface area contributed by atoms with Crippen LogP contribution in [0.25, 0.3) is 0 Å². The molecule has 2 nitrogen and oxygen atoms in total. The molecule has 2 unspecified atom stereocenters. The van der Waals surface area contributed by atoms with Crippen LogP contribution in [0.2, 0.25) is 0 Å². The molecule has 66 valence electrons. The normalized spacial score (nSPS) is 39.0. The van der Waals surface area contributed by atoms with E-state index < -0.39 is 0 Å². The maximum absolute atomic E-state index is 5.41. The maximum atomic E-state index is 5.41. The Kier molecular flexibility index (Phi) is 3.22. The summed E-state index contributed by atoms with van der Waals surface area (Å²) in [5.41, 5.74) is 0.206. The van der Waals surface area contributed by atoms with Crippen molar-refractivity contribution in [1.82, 2.24) is 0 Å². The van der Waals surface area contributed by atoms with E-state index in [0.717, 1.165) is 12.4 Å². The summed E-state index contributed by atoms with van der Waals surface area (Å²) >= 11 is 1.85. The van der Waals surface area contributed by atoms with Gasteiger partial charge in [-0.05, 0) is 13.2 Å². The van der Waals surface area contributed by atoms with Crippen molar-refractivity contribution in [3.05, 3.63) is 0 Å². The molecule has 0 aromatic carbocycles. The lowest BCUT2D eigenvalue weighted by atomic mass is 9.88. The Bertz CT molecular complexity index is 125. The van der Waals surface area contributed by atoms with Crippen molar-refractivity contribution in [2.45, 2.75) is 20.0 Å². The third-order valence-electron chi connectivity index (χ3n) is 2.29. The molecule has 0 spiro atoms. The van der Waals surface area contributed by atoms with Crippen LogP contribution in [0, 0.1) is 5.41 Å². The zero-order chi connectivity index (χ0) is 8.32. The third-order valence-corrected chi connectivity index (χ3v) is 3.24. The molecule has 0 radical (unpaired) electrons. The van der Waals surface area contributed by atoms with Gasteiger partial charge in [0.25, 0.3) is 0 Å². The van der Waals surface area contributed by atoms with Crippen molar-refractivity contribution in [3.8, 4) is 0 Å². The van der Waals surface area contributed by atoms with Gasteiger partial charge in [-0.2, -0.15) is 11.8 Å². The fraction of sp³-hybridized carbons (Fsp3) is 1.00. The fourth-order valence-electron chi connectivity index (χ4n) is 1.23. The average molecular weight is 176 g/mol. The average Bonchev–Trinajstić information content (AvgIpc) is 1.96. The summed E-state index contributed by atoms with van der Waals surface area (Å²) in [6.45, 7) is 5.63. The summed E-state index contributed by atoms with van der Waals surface area (Å²) in [5.74, 6) is 1.11. The van der Waals surface area contributed by atoms with Crippen LogP contribution in [0.1, 0.15) is 13.8 Å². The second-order valence-corrected chi connectivity index (χ2v) is 4.23. The first-order chi connectivity index (χ1) is 5.19. The lowest BCUT2D eigenvalue weighted by molar-refractivity contribution is -0.190. The summed E-state index contributed by atoms with van der Waals surface area (Å²) in [5, 5.41) is 0. The Morgan fingerprint density at radius 3 is 2.91 bits per heavy atom. The Balaban J connectivity index is 2.49. The molecule has 0 aromatic rings. The predicted octanol–water partition coefficient (Wildman–Crippen LogP) is 1.75. The van der Waals surface area contributed by atoms with Gasteiger partial charge in [0.2, 0.25) is 0 Å². The van der Waals surface area contributed by atoms with E-state index in [-0.39, 0.29) is 5.41 Å². The summed E-state index contributed by atoms with van der Waals surface area (Å²) < 4.78 is 10.7. The van der Waals surface area contributed by atoms with Crippen molar-refractivity contribution in [2.24, 2.45) is 5.41 Å². The monoisotopic (exact) mass is 176 g/mol. The molecule has 0 aromatic heterocycles. The number of thioether (sulfide) groups is 1. The van der Waals surface area contributed by atoms with Gasteiger partial charge in [-0.3, -0.25) is 0 Å². The van der Waals surface area contributed by atoms with Crippen LogP contribution in [-0.2, 0) is 9.47 Å². The Morgan fingerprint density at radius 2 is 2.36 bits per heavy atom. The SMILES string of the molecule is CSCC1(C)COCOC1C. The van der Waals surface area contributed by atoms with E-state index in [9.17, 15) is 0 Å². The molecule has 1 aliphatic heterocycles. The van der Waals surface area contributed by atoms with Gasteiger partial charge in [-0.1, -0.05) is 6.92 Å². The van der Waals surface area contributed by atoms with Gasteiger partial charge in [0.1, 0.15) is 6.79 Å². The van der Waals surface area contributed by atoms with Gasteiger partial charge in [0.05, 0.1) is 12.7 Å². The first kappa shape index (κ1) is 9.36. The van der Waals surface area contributed by atoms with Gasteiger partial charge in [0, 0.05) is 11.2 Å². The minimum Gasteiger partial charge on any atom is -0.355 e. The zero-order valence-electron chi connectivity index (χ0n) is 7.42. The van der Waals surface area contributed by atoms with Gasteiger partial charge in [-0.15, -0.1) is 0 Å². The Morgan fingerprint density at radius 1 is 1.64 bits per heavy atom. The predicted molar refractivity (Wildman–Crippen MR) is 47.9 cm³/mol. The lowest BCUT2D eigenvalue weighted by Gasteiger charge is -2.38. The first-order valence-corrected chi connectivity index (χ1v) is 5.27. The molecule has 0 saturated carbocycles. The van der Waals surface area contributed by atoms with E-state index >= 15 is 0 Å². The van der Waals surface area contributed by atoms with Gasteiger partial charge < -0.3 is 9.47 Å². The minimum absolute atomic E-state index is 0.206. The van der Waals surface area contributed by atoms with E-state index in [2.05, 4.69) is 20.1 Å². The highest BCUT2D eigenvalue weighted by Crippen LogP contribution is 2.30. The van der Waals surface area contributed by atoms with E-state index in [4.69, 9.17) is 9.47 Å². The molecule has 0 N–H and O–H groups in total. The van der Waals surface area contributed by atoms with Crippen molar-refractivity contribution in [2.75, 3.05) is 25.4 Å². The van der Waals surface area contributed by atoms with Crippen LogP contribution < -0.4 is 0 Å². The van der Waals surface area contributed by atoms with Gasteiger partial charge >= 0.3 is 0 Å². The van der Waals surface area contributed by atoms with Crippen molar-refractivity contribution >= 4 is 11.8 Å². The van der Waals surface area contributed by atoms with Crippen molar-refractivity contribution in [1.29, 1.82) is 0 Å². The van der Waals surface area contributed by atoms with Crippen LogP contribution in [0.4, 0.5) is 0 Å². The highest BCUT2D eigenvalue weighted by molar-refractivity contribution is 7.98. The number of hydrogen-bond acceptors (Lipinski definition) is 3. The molecule has 11 heavy (non-hydrogen) atoms. The topological polar surface area (TPSA) is 18.5 Å². The molecular weight excluding hydrogens is 160 g/mol. The molecule has 1 saturated heterocycles. The summed E-state index contributed by atoms with van der Waals surface area (Å²) in [7, 11) is 0. The Labute approximate surface area is 72.6 Å². The van der Waals surface area contributed by atoms with Crippen molar-refractivity contribution in [3.63, 3.8) is 0 Å². The molecule has 0 amide bonds. The van der Waals surface area contributed by atoms with Crippen LogP contribution in [0.15, 0.2) is 0 Å². The van der Waals surface area contributed by atoms with Gasteiger partial charge in [0.15, 0.2) is 0 Å². The van der Waals surface area contributed by atoms with Crippen LogP contribution in [-0.4, -0.2) is 31.5 Å². The quantitative estimate of drug-likeness (QED) is 0.638. The van der Waals surface area contributed by atoms with Crippen molar-refractivity contribution < 1.29 is 9.47 Å². The minimum atomic E-state index is 0.206. The fourth-order valence-corrected chi connectivity index (χ4v) is 2.21. The van der Waals surface area contributed by atoms with Crippen LogP contribution >= 0.6 is 11.8 Å². The van der Waals surface area contributed by atoms with Crippen LogP contribution in [0.3, 0.4) is 0 Å². The standard InChI is InChI=1S/C8H16O2S/c1-7-8(2,5-11-3)4-9-6-10-7/h7H,4-6H2,1-3H3. The molecule has 1 fully saturated rings. The smallest absolute Gasteiger partial charge is 0.147 e. The zero-order valence-corrected chi connectivity index (χ0v) is 8.24. The summed E-state index contributed by atoms with van der Waals surface area (Å²) in [4.78, 5) is 0. The largest absolute Gasteiger partial charge is 0.355 e. The number of hydrogen-bond donors (Lipinski definition) is 0. The molecule has 1 heterocycles. The first-order valence-electron chi connectivity index (χ1n) is 3.87. The lowest BCUT2D eigenvalue weighted by Crippen LogP contribution is -2.43. The highest BCUT2D eigenvalue weighted by Gasteiger charge is 2.34. The summed E-state index contributed by atoms with van der Waals surface area (Å²) in [6, 6.07) is 0. The molecule has 2 atom stereocenters. The van der Waals surface area contributed by atoms with E-state index in [0.29, 0.717) is 12.9 Å².